The molecule has 1 aliphatic rings. The smallest absolute Gasteiger partial charge is 0.404 e. The summed E-state index contributed by atoms with van der Waals surface area (Å²) in [5.41, 5.74) is 6.02. The molecule has 3 atom stereocenters. The van der Waals surface area contributed by atoms with Crippen molar-refractivity contribution >= 4 is 17.9 Å². The van der Waals surface area contributed by atoms with Crippen LogP contribution in [-0.4, -0.2) is 34.8 Å². The normalized spacial score (nSPS) is 31.2. The summed E-state index contributed by atoms with van der Waals surface area (Å²) in [6, 6.07) is 0.348. The predicted octanol–water partition coefficient (Wildman–Crippen LogP) is 1.50. The predicted molar refractivity (Wildman–Crippen MR) is 63.3 cm³/mol. The highest BCUT2D eigenvalue weighted by Crippen LogP contribution is 2.26. The van der Waals surface area contributed by atoms with E-state index in [9.17, 15) is 4.79 Å². The second-order valence-corrected chi connectivity index (χ2v) is 5.36. The molecule has 0 aromatic carbocycles. The molecule has 0 aromatic heterocycles. The summed E-state index contributed by atoms with van der Waals surface area (Å²) in [7, 11) is 0. The van der Waals surface area contributed by atoms with Gasteiger partial charge in [0.05, 0.1) is 0 Å². The molecule has 0 aliphatic heterocycles. The molecule has 0 radical (unpaired) electrons. The fourth-order valence-corrected chi connectivity index (χ4v) is 2.98. The number of rotatable bonds is 4. The Kier molecular flexibility index (Phi) is 5.25. The van der Waals surface area contributed by atoms with Gasteiger partial charge in [-0.05, 0) is 36.7 Å². The van der Waals surface area contributed by atoms with Crippen LogP contribution in [0.3, 0.4) is 0 Å². The Balaban J connectivity index is 2.37. The lowest BCUT2D eigenvalue weighted by Gasteiger charge is -2.33. The second-order valence-electron chi connectivity index (χ2n) is 4.04. The molecule has 5 heteroatoms. The molecule has 4 N–H and O–H groups in total. The molecular formula is C10H20N2O2S. The average Bonchev–Trinajstić information content (AvgIpc) is 2.18. The minimum Gasteiger partial charge on any atom is -0.465 e. The Morgan fingerprint density at radius 3 is 2.93 bits per heavy atom. The van der Waals surface area contributed by atoms with Crippen LogP contribution in [0.1, 0.15) is 26.2 Å². The van der Waals surface area contributed by atoms with Crippen molar-refractivity contribution in [3.05, 3.63) is 0 Å². The Bertz CT molecular complexity index is 214. The maximum absolute atomic E-state index is 10.5. The van der Waals surface area contributed by atoms with Gasteiger partial charge < -0.3 is 16.2 Å². The highest BCUT2D eigenvalue weighted by molar-refractivity contribution is 7.99. The van der Waals surface area contributed by atoms with Gasteiger partial charge in [0.2, 0.25) is 0 Å². The van der Waals surface area contributed by atoms with Crippen molar-refractivity contribution in [1.82, 2.24) is 5.32 Å². The van der Waals surface area contributed by atoms with E-state index in [4.69, 9.17) is 10.8 Å². The first-order valence-electron chi connectivity index (χ1n) is 5.46. The van der Waals surface area contributed by atoms with Crippen molar-refractivity contribution in [1.29, 1.82) is 0 Å². The minimum atomic E-state index is -0.919. The standard InChI is InChI=1S/C10H20N2O2S/c1-2-15-6-7-5-8(12-10(13)14)3-4-9(7)11/h7-9,12H,2-6,11H2,1H3,(H,13,14)/t7-,8?,9-/m0/s1. The van der Waals surface area contributed by atoms with Gasteiger partial charge in [-0.15, -0.1) is 0 Å². The summed E-state index contributed by atoms with van der Waals surface area (Å²) in [4.78, 5) is 10.5. The summed E-state index contributed by atoms with van der Waals surface area (Å²) in [5.74, 6) is 2.61. The van der Waals surface area contributed by atoms with E-state index in [2.05, 4.69) is 12.2 Å². The van der Waals surface area contributed by atoms with Crippen LogP contribution < -0.4 is 11.1 Å². The molecular weight excluding hydrogens is 212 g/mol. The molecule has 0 saturated heterocycles. The van der Waals surface area contributed by atoms with E-state index in [0.29, 0.717) is 5.92 Å². The highest BCUT2D eigenvalue weighted by Gasteiger charge is 2.28. The monoisotopic (exact) mass is 232 g/mol. The zero-order valence-corrected chi connectivity index (χ0v) is 9.93. The van der Waals surface area contributed by atoms with E-state index >= 15 is 0 Å². The minimum absolute atomic E-state index is 0.102. The molecule has 1 saturated carbocycles. The van der Waals surface area contributed by atoms with E-state index in [1.807, 2.05) is 11.8 Å². The Morgan fingerprint density at radius 2 is 2.33 bits per heavy atom. The van der Waals surface area contributed by atoms with Gasteiger partial charge >= 0.3 is 6.09 Å². The number of thioether (sulfide) groups is 1. The maximum atomic E-state index is 10.5. The first-order chi connectivity index (χ1) is 7.13. The van der Waals surface area contributed by atoms with Gasteiger partial charge in [-0.2, -0.15) is 11.8 Å². The first-order valence-corrected chi connectivity index (χ1v) is 6.61. The third-order valence-corrected chi connectivity index (χ3v) is 3.98. The molecule has 15 heavy (non-hydrogen) atoms. The summed E-state index contributed by atoms with van der Waals surface area (Å²) >= 11 is 1.88. The van der Waals surface area contributed by atoms with Gasteiger partial charge in [0.1, 0.15) is 0 Å². The molecule has 1 aliphatic carbocycles. The molecule has 0 spiro atoms. The molecule has 0 heterocycles. The average molecular weight is 232 g/mol. The first kappa shape index (κ1) is 12.6. The van der Waals surface area contributed by atoms with Crippen molar-refractivity contribution < 1.29 is 9.90 Å². The maximum Gasteiger partial charge on any atom is 0.404 e. The summed E-state index contributed by atoms with van der Waals surface area (Å²) in [5, 5.41) is 11.2. The van der Waals surface area contributed by atoms with Crippen LogP contribution >= 0.6 is 11.8 Å². The van der Waals surface area contributed by atoms with Crippen LogP contribution in [0.4, 0.5) is 4.79 Å². The number of amides is 1. The second kappa shape index (κ2) is 6.23. The lowest BCUT2D eigenvalue weighted by Crippen LogP contribution is -2.45. The SMILES string of the molecule is CCSC[C@@H]1CC(NC(=O)O)CC[C@@H]1N. The number of hydrogen-bond acceptors (Lipinski definition) is 3. The quantitative estimate of drug-likeness (QED) is 0.686. The fourth-order valence-electron chi connectivity index (χ4n) is 2.05. The number of carbonyl (C=O) groups is 1. The lowest BCUT2D eigenvalue weighted by molar-refractivity contribution is 0.180. The fraction of sp³-hybridized carbons (Fsp3) is 0.900. The van der Waals surface area contributed by atoms with E-state index in [1.54, 1.807) is 0 Å². The molecule has 0 aromatic rings. The molecule has 1 rings (SSSR count). The van der Waals surface area contributed by atoms with E-state index in [0.717, 1.165) is 30.8 Å². The zero-order chi connectivity index (χ0) is 11.3. The van der Waals surface area contributed by atoms with Crippen molar-refractivity contribution in [3.63, 3.8) is 0 Å². The van der Waals surface area contributed by atoms with Crippen LogP contribution in [0, 0.1) is 5.92 Å². The highest BCUT2D eigenvalue weighted by atomic mass is 32.2. The van der Waals surface area contributed by atoms with Gasteiger partial charge in [0, 0.05) is 12.1 Å². The van der Waals surface area contributed by atoms with Crippen molar-refractivity contribution in [2.75, 3.05) is 11.5 Å². The molecule has 0 bridgehead atoms. The van der Waals surface area contributed by atoms with Crippen molar-refractivity contribution in [3.8, 4) is 0 Å². The number of nitrogens with two attached hydrogens (primary N) is 1. The number of nitrogens with one attached hydrogen (secondary N) is 1. The van der Waals surface area contributed by atoms with E-state index in [1.165, 1.54) is 0 Å². The summed E-state index contributed by atoms with van der Waals surface area (Å²) < 4.78 is 0. The Hall–Kier alpha value is -0.420. The largest absolute Gasteiger partial charge is 0.465 e. The van der Waals surface area contributed by atoms with Crippen LogP contribution in [0.25, 0.3) is 0 Å². The third-order valence-electron chi connectivity index (χ3n) is 2.90. The van der Waals surface area contributed by atoms with E-state index < -0.39 is 6.09 Å². The van der Waals surface area contributed by atoms with Crippen LogP contribution in [0.5, 0.6) is 0 Å². The third kappa shape index (κ3) is 4.30. The zero-order valence-electron chi connectivity index (χ0n) is 9.11. The lowest BCUT2D eigenvalue weighted by atomic mass is 9.83. The van der Waals surface area contributed by atoms with Crippen molar-refractivity contribution in [2.45, 2.75) is 38.3 Å². The molecule has 1 unspecified atom stereocenters. The molecule has 88 valence electrons. The summed E-state index contributed by atoms with van der Waals surface area (Å²) in [6.45, 7) is 2.13. The van der Waals surface area contributed by atoms with Gasteiger partial charge in [0.25, 0.3) is 0 Å². The van der Waals surface area contributed by atoms with Crippen molar-refractivity contribution in [2.24, 2.45) is 11.7 Å². The Morgan fingerprint density at radius 1 is 1.60 bits per heavy atom. The van der Waals surface area contributed by atoms with Gasteiger partial charge in [-0.3, -0.25) is 0 Å². The topological polar surface area (TPSA) is 75.3 Å². The number of carboxylic acid groups (broad SMARTS) is 1. The molecule has 4 nitrogen and oxygen atoms in total. The summed E-state index contributed by atoms with van der Waals surface area (Å²) in [6.07, 6.45) is 1.78. The number of hydrogen-bond donors (Lipinski definition) is 3. The van der Waals surface area contributed by atoms with Gasteiger partial charge in [0.15, 0.2) is 0 Å². The van der Waals surface area contributed by atoms with Crippen LogP contribution in [0.2, 0.25) is 0 Å². The van der Waals surface area contributed by atoms with E-state index in [-0.39, 0.29) is 12.1 Å². The molecule has 1 fully saturated rings. The Labute approximate surface area is 95.0 Å². The van der Waals surface area contributed by atoms with Crippen LogP contribution in [-0.2, 0) is 0 Å². The van der Waals surface area contributed by atoms with Gasteiger partial charge in [-0.25, -0.2) is 4.79 Å². The molecule has 1 amide bonds. The van der Waals surface area contributed by atoms with Gasteiger partial charge in [-0.1, -0.05) is 6.92 Å². The van der Waals surface area contributed by atoms with Crippen LogP contribution in [0.15, 0.2) is 0 Å².